The number of hydrogen-bond acceptors (Lipinski definition) is 6. The topological polar surface area (TPSA) is 88.2 Å². The van der Waals surface area contributed by atoms with Crippen molar-refractivity contribution in [1.29, 1.82) is 0 Å². The monoisotopic (exact) mass is 626 g/mol. The summed E-state index contributed by atoms with van der Waals surface area (Å²) in [6, 6.07) is 27.1. The lowest BCUT2D eigenvalue weighted by Crippen LogP contribution is -2.14. The van der Waals surface area contributed by atoms with E-state index in [1.165, 1.54) is 14.2 Å². The summed E-state index contributed by atoms with van der Waals surface area (Å²) in [6.45, 7) is 0.0858. The molecule has 0 amide bonds. The van der Waals surface area contributed by atoms with Gasteiger partial charge in [-0.25, -0.2) is 9.97 Å². The molecule has 0 aliphatic heterocycles. The summed E-state index contributed by atoms with van der Waals surface area (Å²) >= 11 is 12.4. The van der Waals surface area contributed by atoms with Crippen LogP contribution in [0.15, 0.2) is 84.9 Å². The zero-order valence-electron chi connectivity index (χ0n) is 24.1. The van der Waals surface area contributed by atoms with Gasteiger partial charge in [0, 0.05) is 22.9 Å². The Morgan fingerprint density at radius 2 is 1.07 bits per heavy atom. The smallest absolute Gasteiger partial charge is 0.325 e. The molecule has 0 saturated heterocycles. The van der Waals surface area contributed by atoms with Gasteiger partial charge in [-0.1, -0.05) is 59.6 Å². The van der Waals surface area contributed by atoms with Crippen LogP contribution in [0.3, 0.4) is 0 Å². The molecule has 0 atom stereocenters. The maximum atomic E-state index is 12.3. The fraction of sp³-hybridized carbons (Fsp3) is 0.176. The van der Waals surface area contributed by atoms with Crippen molar-refractivity contribution in [2.45, 2.75) is 25.9 Å². The molecule has 0 spiro atoms. The first-order valence-electron chi connectivity index (χ1n) is 13.9. The number of rotatable bonds is 9. The van der Waals surface area contributed by atoms with Crippen molar-refractivity contribution < 1.29 is 19.1 Å². The third-order valence-corrected chi connectivity index (χ3v) is 7.99. The maximum absolute atomic E-state index is 12.3. The van der Waals surface area contributed by atoms with Crippen LogP contribution < -0.4 is 0 Å². The van der Waals surface area contributed by atoms with Gasteiger partial charge in [0.1, 0.15) is 24.7 Å². The first-order chi connectivity index (χ1) is 21.3. The Bertz CT molecular complexity index is 1890. The summed E-state index contributed by atoms with van der Waals surface area (Å²) in [4.78, 5) is 34.4. The fourth-order valence-electron chi connectivity index (χ4n) is 5.39. The molecule has 2 heterocycles. The van der Waals surface area contributed by atoms with Crippen LogP contribution in [0.4, 0.5) is 0 Å². The average molecular weight is 628 g/mol. The third-order valence-electron chi connectivity index (χ3n) is 7.52. The number of imidazole rings is 2. The first-order valence-corrected chi connectivity index (χ1v) is 14.7. The number of esters is 2. The number of carbonyl (C=O) groups excluding carboxylic acids is 2. The lowest BCUT2D eigenvalue weighted by molar-refractivity contribution is -0.142. The van der Waals surface area contributed by atoms with Crippen LogP contribution in [0.5, 0.6) is 0 Å². The van der Waals surface area contributed by atoms with Gasteiger partial charge < -0.3 is 18.6 Å². The number of carbonyl (C=O) groups is 2. The SMILES string of the molecule is COC(=O)Cn1c(Cc2cccc(Cl)c2)nc2cc(-c3ccc4c(c3)nc(Cc3cccc(Cl)c3)n4CC(=O)OC)ccc21. The minimum absolute atomic E-state index is 0.0429. The van der Waals surface area contributed by atoms with Gasteiger partial charge in [0.25, 0.3) is 0 Å². The number of fused-ring (bicyclic) bond motifs is 2. The number of nitrogens with zero attached hydrogens (tertiary/aromatic N) is 4. The van der Waals surface area contributed by atoms with Crippen LogP contribution in [-0.2, 0) is 45.0 Å². The predicted molar refractivity (Wildman–Crippen MR) is 171 cm³/mol. The van der Waals surface area contributed by atoms with Crippen molar-refractivity contribution in [3.63, 3.8) is 0 Å². The molecule has 44 heavy (non-hydrogen) atoms. The van der Waals surface area contributed by atoms with Crippen LogP contribution >= 0.6 is 23.2 Å². The van der Waals surface area contributed by atoms with Gasteiger partial charge in [0.05, 0.1) is 36.3 Å². The van der Waals surface area contributed by atoms with Crippen molar-refractivity contribution in [2.24, 2.45) is 0 Å². The van der Waals surface area contributed by atoms with E-state index in [9.17, 15) is 9.59 Å². The minimum Gasteiger partial charge on any atom is -0.468 e. The highest BCUT2D eigenvalue weighted by Crippen LogP contribution is 2.30. The fourth-order valence-corrected chi connectivity index (χ4v) is 5.81. The summed E-state index contributed by atoms with van der Waals surface area (Å²) in [6.07, 6.45) is 1.00. The maximum Gasteiger partial charge on any atom is 0.325 e. The number of hydrogen-bond donors (Lipinski definition) is 0. The number of methoxy groups -OCH3 is 2. The molecule has 2 aromatic heterocycles. The molecular weight excluding hydrogens is 599 g/mol. The zero-order valence-corrected chi connectivity index (χ0v) is 25.6. The first kappa shape index (κ1) is 29.4. The van der Waals surface area contributed by atoms with Crippen LogP contribution in [0, 0.1) is 0 Å². The van der Waals surface area contributed by atoms with Gasteiger partial charge in [-0.15, -0.1) is 0 Å². The number of aromatic nitrogens is 4. The molecule has 4 aromatic carbocycles. The minimum atomic E-state index is -0.359. The van der Waals surface area contributed by atoms with Gasteiger partial charge in [0.15, 0.2) is 0 Å². The molecule has 0 radical (unpaired) electrons. The summed E-state index contributed by atoms with van der Waals surface area (Å²) in [5, 5.41) is 1.28. The second kappa shape index (κ2) is 12.5. The van der Waals surface area contributed by atoms with E-state index in [1.54, 1.807) is 0 Å². The van der Waals surface area contributed by atoms with E-state index in [1.807, 2.05) is 94.1 Å². The molecule has 0 N–H and O–H groups in total. The Morgan fingerprint density at radius 1 is 0.636 bits per heavy atom. The second-order valence-corrected chi connectivity index (χ2v) is 11.3. The molecule has 0 fully saturated rings. The summed E-state index contributed by atoms with van der Waals surface area (Å²) in [5.74, 6) is 0.740. The zero-order chi connectivity index (χ0) is 30.8. The normalized spacial score (nSPS) is 11.3. The molecular formula is C34H28Cl2N4O4. The van der Waals surface area contributed by atoms with Crippen LogP contribution in [0.1, 0.15) is 22.8 Å². The van der Waals surface area contributed by atoms with Crippen molar-refractivity contribution >= 4 is 57.2 Å². The molecule has 0 aliphatic carbocycles. The summed E-state index contributed by atoms with van der Waals surface area (Å²) in [5.41, 5.74) is 7.00. The van der Waals surface area contributed by atoms with Crippen molar-refractivity contribution in [1.82, 2.24) is 19.1 Å². The Hall–Kier alpha value is -4.66. The van der Waals surface area contributed by atoms with E-state index in [4.69, 9.17) is 42.6 Å². The summed E-state index contributed by atoms with van der Waals surface area (Å²) < 4.78 is 13.7. The molecule has 0 aliphatic rings. The van der Waals surface area contributed by atoms with E-state index in [-0.39, 0.29) is 25.0 Å². The number of benzene rings is 4. The number of halogens is 2. The van der Waals surface area contributed by atoms with E-state index >= 15 is 0 Å². The average Bonchev–Trinajstić information content (AvgIpc) is 3.52. The van der Waals surface area contributed by atoms with Crippen molar-refractivity contribution in [2.75, 3.05) is 14.2 Å². The Balaban J connectivity index is 1.39. The van der Waals surface area contributed by atoms with Gasteiger partial charge >= 0.3 is 11.9 Å². The number of ether oxygens (including phenoxy) is 2. The lowest BCUT2D eigenvalue weighted by atomic mass is 10.0. The van der Waals surface area contributed by atoms with Crippen molar-refractivity contribution in [3.8, 4) is 11.1 Å². The van der Waals surface area contributed by atoms with E-state index in [2.05, 4.69) is 0 Å². The summed E-state index contributed by atoms with van der Waals surface area (Å²) in [7, 11) is 2.75. The van der Waals surface area contributed by atoms with E-state index in [0.717, 1.165) is 56.0 Å². The lowest BCUT2D eigenvalue weighted by Gasteiger charge is -2.09. The van der Waals surface area contributed by atoms with E-state index < -0.39 is 0 Å². The molecule has 222 valence electrons. The molecule has 0 bridgehead atoms. The molecule has 8 nitrogen and oxygen atoms in total. The molecule has 6 rings (SSSR count). The molecule has 0 unspecified atom stereocenters. The van der Waals surface area contributed by atoms with Crippen LogP contribution in [0.25, 0.3) is 33.2 Å². The predicted octanol–water partition coefficient (Wildman–Crippen LogP) is 6.89. The van der Waals surface area contributed by atoms with E-state index in [0.29, 0.717) is 22.9 Å². The van der Waals surface area contributed by atoms with Gasteiger partial charge in [-0.3, -0.25) is 9.59 Å². The van der Waals surface area contributed by atoms with Crippen LogP contribution in [-0.4, -0.2) is 45.3 Å². The standard InChI is InChI=1S/C34H28Cl2N4O4/c1-43-33(41)19-39-29-11-9-23(17-27(29)37-31(39)15-21-5-3-7-25(35)13-21)24-10-12-30-28(18-24)38-32(40(30)20-34(42)44-2)16-22-6-4-8-26(36)14-22/h3-14,17-18H,15-16,19-20H2,1-2H3. The van der Waals surface area contributed by atoms with Gasteiger partial charge in [-0.2, -0.15) is 0 Å². The highest BCUT2D eigenvalue weighted by atomic mass is 35.5. The highest BCUT2D eigenvalue weighted by Gasteiger charge is 2.18. The Labute approximate surface area is 263 Å². The van der Waals surface area contributed by atoms with Gasteiger partial charge in [0.2, 0.25) is 0 Å². The Kier molecular flexibility index (Phi) is 8.37. The molecule has 6 aromatic rings. The molecule has 0 saturated carbocycles. The second-order valence-electron chi connectivity index (χ2n) is 10.4. The molecule has 10 heteroatoms. The van der Waals surface area contributed by atoms with Crippen LogP contribution in [0.2, 0.25) is 10.0 Å². The third kappa shape index (κ3) is 6.18. The largest absolute Gasteiger partial charge is 0.468 e. The van der Waals surface area contributed by atoms with Crippen molar-refractivity contribution in [3.05, 3.63) is 118 Å². The van der Waals surface area contributed by atoms with Gasteiger partial charge in [-0.05, 0) is 70.8 Å². The highest BCUT2D eigenvalue weighted by molar-refractivity contribution is 6.30. The quantitative estimate of drug-likeness (QED) is 0.162. The Morgan fingerprint density at radius 3 is 1.45 bits per heavy atom.